The van der Waals surface area contributed by atoms with Crippen LogP contribution in [0.5, 0.6) is 5.75 Å². The van der Waals surface area contributed by atoms with E-state index in [0.29, 0.717) is 16.9 Å². The summed E-state index contributed by atoms with van der Waals surface area (Å²) in [6, 6.07) is 21.2. The molecule has 0 aromatic heterocycles. The van der Waals surface area contributed by atoms with Crippen LogP contribution in [0.3, 0.4) is 0 Å². The first-order valence-electron chi connectivity index (χ1n) is 8.11. The molecule has 0 radical (unpaired) electrons. The summed E-state index contributed by atoms with van der Waals surface area (Å²) >= 11 is 0. The van der Waals surface area contributed by atoms with Gasteiger partial charge in [0, 0.05) is 5.56 Å². The maximum Gasteiger partial charge on any atom is 0.276 e. The topological polar surface area (TPSA) is 67.8 Å². The quantitative estimate of drug-likeness (QED) is 0.499. The molecule has 3 aromatic carbocycles. The average molecular weight is 384 g/mol. The predicted molar refractivity (Wildman–Crippen MR) is 102 cm³/mol. The third-order valence-corrected chi connectivity index (χ3v) is 4.91. The third kappa shape index (κ3) is 5.15. The molecular weight excluding hydrogens is 367 g/mol. The number of benzene rings is 3. The molecular formula is C20H17FN2O3S. The minimum atomic E-state index is -3.69. The van der Waals surface area contributed by atoms with Crippen molar-refractivity contribution in [2.75, 3.05) is 0 Å². The number of hydrogen-bond donors (Lipinski definition) is 1. The number of rotatable bonds is 7. The molecule has 0 fully saturated rings. The van der Waals surface area contributed by atoms with Gasteiger partial charge in [-0.2, -0.15) is 13.5 Å². The molecule has 0 aliphatic rings. The molecule has 138 valence electrons. The van der Waals surface area contributed by atoms with Crippen LogP contribution < -0.4 is 9.57 Å². The number of halogens is 1. The average Bonchev–Trinajstić information content (AvgIpc) is 2.69. The molecule has 1 N–H and O–H groups in total. The summed E-state index contributed by atoms with van der Waals surface area (Å²) in [6.07, 6.45) is 1.39. The monoisotopic (exact) mass is 384 g/mol. The zero-order chi connectivity index (χ0) is 19.1. The van der Waals surface area contributed by atoms with Crippen molar-refractivity contribution >= 4 is 16.2 Å². The molecule has 0 amide bonds. The summed E-state index contributed by atoms with van der Waals surface area (Å²) < 4.78 is 43.2. The van der Waals surface area contributed by atoms with Crippen molar-refractivity contribution in [3.63, 3.8) is 0 Å². The summed E-state index contributed by atoms with van der Waals surface area (Å²) in [5.74, 6) is 0.257. The number of nitrogens with one attached hydrogen (secondary N) is 1. The van der Waals surface area contributed by atoms with Gasteiger partial charge in [-0.3, -0.25) is 0 Å². The van der Waals surface area contributed by atoms with Crippen LogP contribution in [0.15, 0.2) is 88.9 Å². The molecule has 0 bridgehead atoms. The van der Waals surface area contributed by atoms with E-state index in [1.807, 2.05) is 0 Å². The summed E-state index contributed by atoms with van der Waals surface area (Å²) in [4.78, 5) is 2.30. The van der Waals surface area contributed by atoms with Gasteiger partial charge < -0.3 is 4.74 Å². The number of hydrazone groups is 1. The molecule has 5 nitrogen and oxygen atoms in total. The van der Waals surface area contributed by atoms with Crippen molar-refractivity contribution in [3.8, 4) is 5.75 Å². The lowest BCUT2D eigenvalue weighted by atomic mass is 10.2. The van der Waals surface area contributed by atoms with Crippen LogP contribution >= 0.6 is 0 Å². The Morgan fingerprint density at radius 3 is 2.30 bits per heavy atom. The normalized spacial score (nSPS) is 11.4. The van der Waals surface area contributed by atoms with Crippen molar-refractivity contribution in [1.82, 2.24) is 4.83 Å². The van der Waals surface area contributed by atoms with Crippen molar-refractivity contribution < 1.29 is 17.5 Å². The highest BCUT2D eigenvalue weighted by Crippen LogP contribution is 2.15. The zero-order valence-corrected chi connectivity index (χ0v) is 15.1. The first-order chi connectivity index (χ1) is 13.0. The van der Waals surface area contributed by atoms with Crippen LogP contribution in [0.25, 0.3) is 0 Å². The fourth-order valence-corrected chi connectivity index (χ4v) is 3.06. The molecule has 3 aromatic rings. The summed E-state index contributed by atoms with van der Waals surface area (Å²) in [5.41, 5.74) is 1.16. The summed E-state index contributed by atoms with van der Waals surface area (Å²) in [7, 11) is -3.69. The molecule has 7 heteroatoms. The van der Waals surface area contributed by atoms with E-state index in [2.05, 4.69) is 9.93 Å². The van der Waals surface area contributed by atoms with Crippen LogP contribution in [0.4, 0.5) is 4.39 Å². The minimum absolute atomic E-state index is 0.122. The van der Waals surface area contributed by atoms with Crippen LogP contribution in [0.1, 0.15) is 11.1 Å². The van der Waals surface area contributed by atoms with Crippen LogP contribution in [0, 0.1) is 5.82 Å². The molecule has 0 aliphatic heterocycles. The maximum atomic E-state index is 13.6. The molecule has 0 unspecified atom stereocenters. The van der Waals surface area contributed by atoms with E-state index in [1.54, 1.807) is 60.7 Å². The molecule has 3 rings (SSSR count). The Morgan fingerprint density at radius 1 is 0.926 bits per heavy atom. The van der Waals surface area contributed by atoms with Crippen LogP contribution in [-0.2, 0) is 16.6 Å². The van der Waals surface area contributed by atoms with Gasteiger partial charge in [0.25, 0.3) is 10.0 Å². The standard InChI is InChI=1S/C20H17FN2O3S/c21-20-9-5-4-6-17(20)15-26-18-12-10-16(11-13-18)14-22-23-27(24,25)19-7-2-1-3-8-19/h1-14,23H,15H2. The summed E-state index contributed by atoms with van der Waals surface area (Å²) in [5, 5.41) is 3.77. The number of hydrogen-bond acceptors (Lipinski definition) is 4. The van der Waals surface area contributed by atoms with Gasteiger partial charge in [0.15, 0.2) is 0 Å². The fourth-order valence-electron chi connectivity index (χ4n) is 2.25. The Balaban J connectivity index is 1.57. The first kappa shape index (κ1) is 18.6. The zero-order valence-electron chi connectivity index (χ0n) is 14.2. The highest BCUT2D eigenvalue weighted by molar-refractivity contribution is 7.89. The van der Waals surface area contributed by atoms with E-state index in [-0.39, 0.29) is 17.3 Å². The molecule has 0 aliphatic carbocycles. The van der Waals surface area contributed by atoms with Gasteiger partial charge in [0.1, 0.15) is 18.2 Å². The molecule has 0 saturated heterocycles. The predicted octanol–water partition coefficient (Wildman–Crippen LogP) is 3.72. The van der Waals surface area contributed by atoms with Gasteiger partial charge in [-0.25, -0.2) is 9.22 Å². The van der Waals surface area contributed by atoms with E-state index in [4.69, 9.17) is 4.74 Å². The van der Waals surface area contributed by atoms with E-state index >= 15 is 0 Å². The van der Waals surface area contributed by atoms with Gasteiger partial charge in [-0.15, -0.1) is 0 Å². The van der Waals surface area contributed by atoms with Gasteiger partial charge in [0.05, 0.1) is 11.1 Å². The van der Waals surface area contributed by atoms with Crippen LogP contribution in [0.2, 0.25) is 0 Å². The Hall–Kier alpha value is -3.19. The second kappa shape index (κ2) is 8.46. The molecule has 0 atom stereocenters. The van der Waals surface area contributed by atoms with Gasteiger partial charge >= 0.3 is 0 Å². The molecule has 0 saturated carbocycles. The van der Waals surface area contributed by atoms with Crippen molar-refractivity contribution in [1.29, 1.82) is 0 Å². The molecule has 0 spiro atoms. The number of sulfonamides is 1. The summed E-state index contributed by atoms with van der Waals surface area (Å²) in [6.45, 7) is 0.122. The van der Waals surface area contributed by atoms with E-state index in [9.17, 15) is 12.8 Å². The Labute approximate surface area is 157 Å². The molecule has 0 heterocycles. The highest BCUT2D eigenvalue weighted by atomic mass is 32.2. The van der Waals surface area contributed by atoms with Crippen molar-refractivity contribution in [2.24, 2.45) is 5.10 Å². The van der Waals surface area contributed by atoms with Crippen molar-refractivity contribution in [3.05, 3.63) is 95.8 Å². The largest absolute Gasteiger partial charge is 0.489 e. The first-order valence-corrected chi connectivity index (χ1v) is 9.59. The lowest BCUT2D eigenvalue weighted by Crippen LogP contribution is -2.18. The molecule has 27 heavy (non-hydrogen) atoms. The number of nitrogens with zero attached hydrogens (tertiary/aromatic N) is 1. The van der Waals surface area contributed by atoms with E-state index in [1.165, 1.54) is 24.4 Å². The highest BCUT2D eigenvalue weighted by Gasteiger charge is 2.10. The van der Waals surface area contributed by atoms with E-state index in [0.717, 1.165) is 0 Å². The Bertz CT molecular complexity index is 1020. The van der Waals surface area contributed by atoms with E-state index < -0.39 is 10.0 Å². The van der Waals surface area contributed by atoms with Gasteiger partial charge in [0.2, 0.25) is 0 Å². The maximum absolute atomic E-state index is 13.6. The van der Waals surface area contributed by atoms with Crippen molar-refractivity contribution in [2.45, 2.75) is 11.5 Å². The Morgan fingerprint density at radius 2 is 1.59 bits per heavy atom. The van der Waals surface area contributed by atoms with Crippen LogP contribution in [-0.4, -0.2) is 14.6 Å². The Kier molecular flexibility index (Phi) is 5.83. The third-order valence-electron chi connectivity index (χ3n) is 3.67. The van der Waals surface area contributed by atoms with Gasteiger partial charge in [-0.05, 0) is 48.0 Å². The fraction of sp³-hybridized carbons (Fsp3) is 0.0500. The second-order valence-electron chi connectivity index (χ2n) is 5.62. The lowest BCUT2D eigenvalue weighted by Gasteiger charge is -2.07. The number of ether oxygens (including phenoxy) is 1. The second-order valence-corrected chi connectivity index (χ2v) is 7.28. The lowest BCUT2D eigenvalue weighted by molar-refractivity contribution is 0.300. The minimum Gasteiger partial charge on any atom is -0.489 e. The smallest absolute Gasteiger partial charge is 0.276 e. The SMILES string of the molecule is O=S(=O)(NN=Cc1ccc(OCc2ccccc2F)cc1)c1ccccc1. The van der Waals surface area contributed by atoms with Gasteiger partial charge in [-0.1, -0.05) is 36.4 Å².